The van der Waals surface area contributed by atoms with Crippen LogP contribution in [-0.4, -0.2) is 16.7 Å². The lowest BCUT2D eigenvalue weighted by Crippen LogP contribution is -2.02. The Kier molecular flexibility index (Phi) is 10.9. The minimum Gasteiger partial charge on any atom is -0.423 e. The first-order valence-electron chi connectivity index (χ1n) is 9.02. The van der Waals surface area contributed by atoms with E-state index in [0.717, 1.165) is 34.3 Å². The van der Waals surface area contributed by atoms with Crippen LogP contribution >= 0.6 is 27.5 Å². The number of rotatable bonds is 4. The van der Waals surface area contributed by atoms with Gasteiger partial charge in [0.25, 0.3) is 0 Å². The molecule has 0 saturated heterocycles. The molecule has 0 aliphatic rings. The molecular weight excluding hydrogens is 440 g/mol. The predicted octanol–water partition coefficient (Wildman–Crippen LogP) is 6.87. The van der Waals surface area contributed by atoms with Gasteiger partial charge in [-0.3, -0.25) is 0 Å². The van der Waals surface area contributed by atoms with E-state index in [0.29, 0.717) is 16.5 Å². The van der Waals surface area contributed by atoms with Crippen LogP contribution in [0.1, 0.15) is 38.3 Å². The van der Waals surface area contributed by atoms with Gasteiger partial charge in [0.2, 0.25) is 12.3 Å². The van der Waals surface area contributed by atoms with Gasteiger partial charge in [-0.25, -0.2) is 0 Å². The van der Waals surface area contributed by atoms with Gasteiger partial charge >= 0.3 is 0 Å². The summed E-state index contributed by atoms with van der Waals surface area (Å²) < 4.78 is 6.05. The fourth-order valence-electron chi connectivity index (χ4n) is 2.11. The normalized spacial score (nSPS) is 9.32. The molecule has 3 rings (SSSR count). The van der Waals surface area contributed by atoms with Crippen molar-refractivity contribution in [1.82, 2.24) is 10.2 Å². The lowest BCUT2D eigenvalue weighted by Gasteiger charge is -2.10. The van der Waals surface area contributed by atoms with E-state index in [2.05, 4.69) is 44.4 Å². The van der Waals surface area contributed by atoms with Gasteiger partial charge in [-0.1, -0.05) is 48.3 Å². The van der Waals surface area contributed by atoms with E-state index in [9.17, 15) is 0 Å². The molecule has 7 heteroatoms. The molecular formula is C21H24BrClN4O. The van der Waals surface area contributed by atoms with E-state index >= 15 is 0 Å². The molecule has 0 fully saturated rings. The summed E-state index contributed by atoms with van der Waals surface area (Å²) in [6.07, 6.45) is 2.38. The molecule has 0 radical (unpaired) electrons. The van der Waals surface area contributed by atoms with Gasteiger partial charge in [0, 0.05) is 22.3 Å². The lowest BCUT2D eigenvalue weighted by atomic mass is 10.1. The highest BCUT2D eigenvalue weighted by molar-refractivity contribution is 9.10. The number of nitriles is 1. The van der Waals surface area contributed by atoms with Crippen molar-refractivity contribution in [1.29, 1.82) is 5.26 Å². The first-order valence-corrected chi connectivity index (χ1v) is 10.2. The van der Waals surface area contributed by atoms with E-state index < -0.39 is 0 Å². The van der Waals surface area contributed by atoms with Crippen molar-refractivity contribution in [3.05, 3.63) is 63.4 Å². The first kappa shape index (κ1) is 23.7. The number of halogens is 2. The molecule has 1 heterocycles. The summed E-state index contributed by atoms with van der Waals surface area (Å²) in [6.45, 7) is 8.94. The Balaban J connectivity index is 0.000000259. The minimum atomic E-state index is 0.534. The number of hydrogen-bond donors (Lipinski definition) is 1. The maximum atomic E-state index is 8.75. The van der Waals surface area contributed by atoms with E-state index in [1.807, 2.05) is 51.1 Å². The number of nitrogens with zero attached hydrogens (tertiary/aromatic N) is 3. The largest absolute Gasteiger partial charge is 0.423 e. The Hall–Kier alpha value is -2.36. The van der Waals surface area contributed by atoms with Gasteiger partial charge in [0.1, 0.15) is 6.07 Å². The Morgan fingerprint density at radius 3 is 2.39 bits per heavy atom. The van der Waals surface area contributed by atoms with Crippen LogP contribution in [0.3, 0.4) is 0 Å². The molecule has 1 aromatic heterocycles. The zero-order valence-electron chi connectivity index (χ0n) is 16.5. The molecule has 3 aromatic rings. The van der Waals surface area contributed by atoms with Crippen molar-refractivity contribution in [2.75, 3.05) is 11.9 Å². The molecule has 0 atom stereocenters. The van der Waals surface area contributed by atoms with Gasteiger partial charge in [0.15, 0.2) is 0 Å². The van der Waals surface area contributed by atoms with Crippen LogP contribution in [0.15, 0.2) is 51.7 Å². The van der Waals surface area contributed by atoms with E-state index in [1.165, 1.54) is 6.39 Å². The van der Waals surface area contributed by atoms with Crippen molar-refractivity contribution in [3.63, 3.8) is 0 Å². The molecule has 0 aliphatic carbocycles. The summed E-state index contributed by atoms with van der Waals surface area (Å²) in [7, 11) is 0. The van der Waals surface area contributed by atoms with Crippen LogP contribution in [0.5, 0.6) is 0 Å². The van der Waals surface area contributed by atoms with Crippen molar-refractivity contribution in [2.24, 2.45) is 0 Å². The van der Waals surface area contributed by atoms with Crippen molar-refractivity contribution >= 4 is 33.2 Å². The highest BCUT2D eigenvalue weighted by atomic mass is 79.9. The van der Waals surface area contributed by atoms with E-state index in [1.54, 1.807) is 6.07 Å². The Labute approximate surface area is 179 Å². The van der Waals surface area contributed by atoms with Gasteiger partial charge in [0.05, 0.1) is 10.6 Å². The zero-order chi connectivity index (χ0) is 20.9. The van der Waals surface area contributed by atoms with Crippen LogP contribution in [0.4, 0.5) is 5.69 Å². The molecule has 0 unspecified atom stereocenters. The van der Waals surface area contributed by atoms with Crippen LogP contribution < -0.4 is 5.32 Å². The van der Waals surface area contributed by atoms with E-state index in [4.69, 9.17) is 21.3 Å². The van der Waals surface area contributed by atoms with Crippen molar-refractivity contribution in [3.8, 4) is 17.5 Å². The smallest absolute Gasteiger partial charge is 0.247 e. The van der Waals surface area contributed by atoms with Gasteiger partial charge < -0.3 is 9.73 Å². The second-order valence-electron chi connectivity index (χ2n) is 5.39. The quantitative estimate of drug-likeness (QED) is 0.457. The summed E-state index contributed by atoms with van der Waals surface area (Å²) in [5.74, 6) is 0.544. The molecule has 1 N–H and O–H groups in total. The second-order valence-corrected chi connectivity index (χ2v) is 6.68. The van der Waals surface area contributed by atoms with Crippen LogP contribution in [-0.2, 0) is 0 Å². The topological polar surface area (TPSA) is 74.7 Å². The van der Waals surface area contributed by atoms with Crippen LogP contribution in [0, 0.1) is 18.3 Å². The maximum absolute atomic E-state index is 8.75. The molecule has 28 heavy (non-hydrogen) atoms. The highest BCUT2D eigenvalue weighted by Crippen LogP contribution is 2.26. The highest BCUT2D eigenvalue weighted by Gasteiger charge is 2.06. The molecule has 0 bridgehead atoms. The minimum absolute atomic E-state index is 0.534. The van der Waals surface area contributed by atoms with Crippen molar-refractivity contribution < 1.29 is 4.42 Å². The monoisotopic (exact) mass is 462 g/mol. The Morgan fingerprint density at radius 2 is 1.86 bits per heavy atom. The molecule has 148 valence electrons. The average molecular weight is 464 g/mol. The number of benzene rings is 2. The second kappa shape index (κ2) is 12.9. The summed E-state index contributed by atoms with van der Waals surface area (Å²) >= 11 is 9.36. The van der Waals surface area contributed by atoms with Gasteiger partial charge in [-0.05, 0) is 55.3 Å². The molecule has 0 aliphatic heterocycles. The van der Waals surface area contributed by atoms with Gasteiger partial charge in [-0.2, -0.15) is 5.26 Å². The number of anilines is 1. The zero-order valence-corrected chi connectivity index (χ0v) is 18.8. The number of hydrogen-bond acceptors (Lipinski definition) is 5. The molecule has 5 nitrogen and oxygen atoms in total. The Morgan fingerprint density at radius 1 is 1.18 bits per heavy atom. The average Bonchev–Trinajstić information content (AvgIpc) is 3.27. The standard InChI is InChI=1S/C11H13ClN2.C8H5BrN2O.C2H6/c1-3-6-14-10-5-4-9(7-13)11(12)8(10)2;9-7-3-1-6(2-4-7)8-11-10-5-12-8;1-2/h4-5,14H,3,6H2,1-2H3;1-5H;1-2H3. The molecule has 0 saturated carbocycles. The number of nitrogens with one attached hydrogen (secondary N) is 1. The molecule has 0 spiro atoms. The van der Waals surface area contributed by atoms with Crippen LogP contribution in [0.2, 0.25) is 5.02 Å². The third-order valence-corrected chi connectivity index (χ3v) is 4.54. The fraction of sp³-hybridized carbons (Fsp3) is 0.286. The summed E-state index contributed by atoms with van der Waals surface area (Å²) in [5, 5.41) is 19.9. The summed E-state index contributed by atoms with van der Waals surface area (Å²) in [4.78, 5) is 0. The molecule has 0 amide bonds. The fourth-order valence-corrected chi connectivity index (χ4v) is 2.59. The predicted molar refractivity (Wildman–Crippen MR) is 118 cm³/mol. The lowest BCUT2D eigenvalue weighted by molar-refractivity contribution is 0.568. The van der Waals surface area contributed by atoms with Crippen LogP contribution in [0.25, 0.3) is 11.5 Å². The summed E-state index contributed by atoms with van der Waals surface area (Å²) in [6, 6.07) is 13.4. The third kappa shape index (κ3) is 6.99. The van der Waals surface area contributed by atoms with Gasteiger partial charge in [-0.15, -0.1) is 10.2 Å². The SMILES string of the molecule is Brc1ccc(-c2nnco2)cc1.CC.CCCNc1ccc(C#N)c(Cl)c1C. The van der Waals surface area contributed by atoms with E-state index in [-0.39, 0.29) is 0 Å². The molecule has 2 aromatic carbocycles. The van der Waals surface area contributed by atoms with Crippen molar-refractivity contribution in [2.45, 2.75) is 34.1 Å². The summed E-state index contributed by atoms with van der Waals surface area (Å²) in [5.41, 5.74) is 3.41. The number of aromatic nitrogens is 2. The maximum Gasteiger partial charge on any atom is 0.247 e. The Bertz CT molecular complexity index is 875. The third-order valence-electron chi connectivity index (χ3n) is 3.52. The first-order chi connectivity index (χ1) is 13.6.